The fourth-order valence-electron chi connectivity index (χ4n) is 1.85. The topological polar surface area (TPSA) is 66.0 Å². The Morgan fingerprint density at radius 3 is 2.50 bits per heavy atom. The Morgan fingerprint density at radius 1 is 1.18 bits per heavy atom. The zero-order chi connectivity index (χ0) is 16.1. The number of pyridine rings is 1. The van der Waals surface area contributed by atoms with Gasteiger partial charge in [0.2, 0.25) is 0 Å². The van der Waals surface area contributed by atoms with Crippen molar-refractivity contribution >= 4 is 39.2 Å². The number of rotatable bonds is 4. The molecule has 0 atom stereocenters. The fourth-order valence-corrected chi connectivity index (χ4v) is 2.09. The molecule has 0 saturated carbocycles. The minimum atomic E-state index is -0.258. The van der Waals surface area contributed by atoms with Crippen LogP contribution in [0.25, 0.3) is 0 Å². The molecule has 2 rings (SSSR count). The molecule has 0 bridgehead atoms. The van der Waals surface area contributed by atoms with Gasteiger partial charge in [-0.1, -0.05) is 15.9 Å². The quantitative estimate of drug-likeness (QED) is 0.753. The van der Waals surface area contributed by atoms with E-state index in [1.54, 1.807) is 12.3 Å². The molecule has 1 aromatic heterocycles. The van der Waals surface area contributed by atoms with Crippen molar-refractivity contribution in [3.8, 4) is 0 Å². The molecule has 0 radical (unpaired) electrons. The first-order valence-corrected chi connectivity index (χ1v) is 7.80. The predicted molar refractivity (Wildman–Crippen MR) is 93.7 cm³/mol. The number of benzene rings is 1. The molecule has 116 valence electrons. The number of aromatic nitrogens is 1. The molecule has 0 aliphatic rings. The molecule has 3 N–H and O–H groups in total. The van der Waals surface area contributed by atoms with Crippen LogP contribution in [0.4, 0.5) is 22.0 Å². The Labute approximate surface area is 138 Å². The van der Waals surface area contributed by atoms with Crippen molar-refractivity contribution in [2.24, 2.45) is 0 Å². The van der Waals surface area contributed by atoms with Crippen molar-refractivity contribution in [1.82, 2.24) is 10.3 Å². The van der Waals surface area contributed by atoms with E-state index in [1.807, 2.05) is 45.0 Å². The van der Waals surface area contributed by atoms with Gasteiger partial charge in [0.05, 0.1) is 11.9 Å². The largest absolute Gasteiger partial charge is 0.354 e. The van der Waals surface area contributed by atoms with Crippen LogP contribution in [0.3, 0.4) is 0 Å². The second-order valence-corrected chi connectivity index (χ2v) is 6.13. The first kappa shape index (κ1) is 16.3. The van der Waals surface area contributed by atoms with Gasteiger partial charge in [-0.3, -0.25) is 5.32 Å². The Morgan fingerprint density at radius 2 is 1.91 bits per heavy atom. The zero-order valence-electron chi connectivity index (χ0n) is 12.8. The number of hydrogen-bond acceptors (Lipinski definition) is 3. The average Bonchev–Trinajstić information content (AvgIpc) is 2.44. The standard InChI is InChI=1S/C16H19BrN4O/c1-10(2)19-16(22)21-15-7-5-13(9-18-15)20-12-4-6-14(17)11(3)8-12/h4-10,20H,1-3H3,(H2,18,19,21,22). The van der Waals surface area contributed by atoms with E-state index < -0.39 is 0 Å². The van der Waals surface area contributed by atoms with Gasteiger partial charge in [0.1, 0.15) is 5.82 Å². The zero-order valence-corrected chi connectivity index (χ0v) is 14.4. The van der Waals surface area contributed by atoms with E-state index in [0.29, 0.717) is 5.82 Å². The number of aryl methyl sites for hydroxylation is 1. The molecule has 5 nitrogen and oxygen atoms in total. The SMILES string of the molecule is Cc1cc(Nc2ccc(NC(=O)NC(C)C)nc2)ccc1Br. The molecular formula is C16H19BrN4O. The third kappa shape index (κ3) is 4.73. The summed E-state index contributed by atoms with van der Waals surface area (Å²) in [6.07, 6.45) is 1.68. The summed E-state index contributed by atoms with van der Waals surface area (Å²) < 4.78 is 1.08. The van der Waals surface area contributed by atoms with Crippen molar-refractivity contribution in [1.29, 1.82) is 0 Å². The highest BCUT2D eigenvalue weighted by Gasteiger charge is 2.04. The van der Waals surface area contributed by atoms with E-state index in [9.17, 15) is 4.79 Å². The van der Waals surface area contributed by atoms with Gasteiger partial charge in [0.25, 0.3) is 0 Å². The maximum absolute atomic E-state index is 11.6. The van der Waals surface area contributed by atoms with Crippen LogP contribution in [-0.4, -0.2) is 17.1 Å². The number of amides is 2. The third-order valence-electron chi connectivity index (χ3n) is 2.87. The molecule has 1 aromatic carbocycles. The lowest BCUT2D eigenvalue weighted by molar-refractivity contribution is 0.250. The number of anilines is 3. The fraction of sp³-hybridized carbons (Fsp3) is 0.250. The highest BCUT2D eigenvalue weighted by Crippen LogP contribution is 2.23. The number of hydrogen-bond donors (Lipinski definition) is 3. The van der Waals surface area contributed by atoms with E-state index in [1.165, 1.54) is 0 Å². The lowest BCUT2D eigenvalue weighted by atomic mass is 10.2. The second kappa shape index (κ2) is 7.26. The summed E-state index contributed by atoms with van der Waals surface area (Å²) in [5, 5.41) is 8.71. The molecule has 22 heavy (non-hydrogen) atoms. The van der Waals surface area contributed by atoms with Crippen molar-refractivity contribution < 1.29 is 4.79 Å². The third-order valence-corrected chi connectivity index (χ3v) is 3.76. The van der Waals surface area contributed by atoms with E-state index in [2.05, 4.69) is 36.9 Å². The van der Waals surface area contributed by atoms with Crippen LogP contribution in [0.1, 0.15) is 19.4 Å². The smallest absolute Gasteiger partial charge is 0.320 e. The van der Waals surface area contributed by atoms with E-state index in [4.69, 9.17) is 0 Å². The van der Waals surface area contributed by atoms with Crippen LogP contribution in [0, 0.1) is 6.92 Å². The summed E-state index contributed by atoms with van der Waals surface area (Å²) >= 11 is 3.48. The van der Waals surface area contributed by atoms with Gasteiger partial charge in [0.15, 0.2) is 0 Å². The van der Waals surface area contributed by atoms with Gasteiger partial charge in [-0.15, -0.1) is 0 Å². The van der Waals surface area contributed by atoms with Crippen LogP contribution >= 0.6 is 15.9 Å². The summed E-state index contributed by atoms with van der Waals surface area (Å²) in [5.41, 5.74) is 3.00. The molecule has 0 saturated heterocycles. The number of halogens is 1. The summed E-state index contributed by atoms with van der Waals surface area (Å²) in [4.78, 5) is 15.8. The van der Waals surface area contributed by atoms with Crippen LogP contribution in [-0.2, 0) is 0 Å². The minimum Gasteiger partial charge on any atom is -0.354 e. The minimum absolute atomic E-state index is 0.0848. The number of nitrogens with one attached hydrogen (secondary N) is 3. The summed E-state index contributed by atoms with van der Waals surface area (Å²) in [5.74, 6) is 0.510. The lowest BCUT2D eigenvalue weighted by Crippen LogP contribution is -2.34. The maximum atomic E-state index is 11.6. The number of carbonyl (C=O) groups excluding carboxylic acids is 1. The predicted octanol–water partition coefficient (Wildman–Crippen LogP) is 4.43. The van der Waals surface area contributed by atoms with E-state index >= 15 is 0 Å². The monoisotopic (exact) mass is 362 g/mol. The average molecular weight is 363 g/mol. The molecule has 0 unspecified atom stereocenters. The number of urea groups is 1. The molecule has 0 spiro atoms. The molecule has 0 aliphatic heterocycles. The van der Waals surface area contributed by atoms with Crippen molar-refractivity contribution in [2.75, 3.05) is 10.6 Å². The van der Waals surface area contributed by atoms with E-state index in [-0.39, 0.29) is 12.1 Å². The van der Waals surface area contributed by atoms with Crippen LogP contribution < -0.4 is 16.0 Å². The number of nitrogens with zero attached hydrogens (tertiary/aromatic N) is 1. The molecule has 6 heteroatoms. The normalized spacial score (nSPS) is 10.4. The van der Waals surface area contributed by atoms with Crippen LogP contribution in [0.5, 0.6) is 0 Å². The summed E-state index contributed by atoms with van der Waals surface area (Å²) in [6.45, 7) is 5.84. The first-order valence-electron chi connectivity index (χ1n) is 7.01. The molecule has 1 heterocycles. The second-order valence-electron chi connectivity index (χ2n) is 5.27. The van der Waals surface area contributed by atoms with Gasteiger partial charge in [-0.05, 0) is 56.7 Å². The first-order chi connectivity index (χ1) is 10.4. The van der Waals surface area contributed by atoms with Gasteiger partial charge < -0.3 is 10.6 Å². The summed E-state index contributed by atoms with van der Waals surface area (Å²) in [7, 11) is 0. The van der Waals surface area contributed by atoms with Crippen molar-refractivity contribution in [3.63, 3.8) is 0 Å². The molecular weight excluding hydrogens is 344 g/mol. The molecule has 2 amide bonds. The molecule has 0 fully saturated rings. The van der Waals surface area contributed by atoms with Gasteiger partial charge >= 0.3 is 6.03 Å². The lowest BCUT2D eigenvalue weighted by Gasteiger charge is -2.11. The Bertz CT molecular complexity index is 656. The molecule has 0 aliphatic carbocycles. The van der Waals surface area contributed by atoms with Gasteiger partial charge in [-0.25, -0.2) is 9.78 Å². The van der Waals surface area contributed by atoms with Gasteiger partial charge in [-0.2, -0.15) is 0 Å². The van der Waals surface area contributed by atoms with Crippen LogP contribution in [0.2, 0.25) is 0 Å². The Kier molecular flexibility index (Phi) is 5.38. The van der Waals surface area contributed by atoms with Crippen molar-refractivity contribution in [2.45, 2.75) is 26.8 Å². The van der Waals surface area contributed by atoms with E-state index in [0.717, 1.165) is 21.4 Å². The molecule has 2 aromatic rings. The number of carbonyl (C=O) groups is 1. The highest BCUT2D eigenvalue weighted by atomic mass is 79.9. The van der Waals surface area contributed by atoms with Gasteiger partial charge in [0, 0.05) is 16.2 Å². The summed E-state index contributed by atoms with van der Waals surface area (Å²) in [6, 6.07) is 9.49. The highest BCUT2D eigenvalue weighted by molar-refractivity contribution is 9.10. The Balaban J connectivity index is 1.99. The van der Waals surface area contributed by atoms with Crippen molar-refractivity contribution in [3.05, 3.63) is 46.6 Å². The maximum Gasteiger partial charge on any atom is 0.320 e. The van der Waals surface area contributed by atoms with Crippen LogP contribution in [0.15, 0.2) is 41.0 Å². The Hall–Kier alpha value is -2.08.